The van der Waals surface area contributed by atoms with Gasteiger partial charge in [-0.05, 0) is 25.7 Å². The highest BCUT2D eigenvalue weighted by molar-refractivity contribution is 5.73. The normalized spacial score (nSPS) is 12.2. The van der Waals surface area contributed by atoms with Crippen LogP contribution < -0.4 is 11.5 Å². The fourth-order valence-electron chi connectivity index (χ4n) is 2.74. The van der Waals surface area contributed by atoms with E-state index in [-0.39, 0.29) is 17.9 Å². The Labute approximate surface area is 141 Å². The molecule has 0 saturated carbocycles. The fourth-order valence-corrected chi connectivity index (χ4v) is 2.74. The van der Waals surface area contributed by atoms with E-state index in [1.165, 1.54) is 32.1 Å². The maximum atomic E-state index is 10.6. The van der Waals surface area contributed by atoms with Crippen LogP contribution in [-0.4, -0.2) is 23.0 Å². The molecule has 0 bridgehead atoms. The summed E-state index contributed by atoms with van der Waals surface area (Å²) < 4.78 is 0. The van der Waals surface area contributed by atoms with Gasteiger partial charge < -0.3 is 16.6 Å². The molecule has 0 aliphatic carbocycles. The van der Waals surface area contributed by atoms with Crippen LogP contribution in [0.5, 0.6) is 0 Å². The highest BCUT2D eigenvalue weighted by atomic mass is 16.3. The molecule has 0 aromatic rings. The van der Waals surface area contributed by atoms with Gasteiger partial charge in [0.1, 0.15) is 0 Å². The second-order valence-corrected chi connectivity index (χ2v) is 6.55. The molecule has 2 amide bonds. The minimum absolute atomic E-state index is 0.197. The van der Waals surface area contributed by atoms with E-state index in [2.05, 4.69) is 0 Å². The third-order valence-corrected chi connectivity index (χ3v) is 4.17. The van der Waals surface area contributed by atoms with E-state index in [0.717, 1.165) is 51.4 Å². The zero-order valence-electron chi connectivity index (χ0n) is 14.6. The van der Waals surface area contributed by atoms with Crippen LogP contribution in [0.15, 0.2) is 0 Å². The molecule has 0 heterocycles. The van der Waals surface area contributed by atoms with Crippen LogP contribution in [0.3, 0.4) is 0 Å². The second kappa shape index (κ2) is 15.8. The summed E-state index contributed by atoms with van der Waals surface area (Å²) in [5.74, 6) is -0.435. The molecule has 0 saturated heterocycles. The first kappa shape index (κ1) is 21.9. The van der Waals surface area contributed by atoms with Crippen molar-refractivity contribution in [2.24, 2.45) is 11.5 Å². The number of hydrogen-bond acceptors (Lipinski definition) is 3. The van der Waals surface area contributed by atoms with Gasteiger partial charge in [0.2, 0.25) is 11.8 Å². The molecule has 23 heavy (non-hydrogen) atoms. The lowest BCUT2D eigenvalue weighted by atomic mass is 10.0. The van der Waals surface area contributed by atoms with Gasteiger partial charge in [-0.15, -0.1) is 0 Å². The Morgan fingerprint density at radius 1 is 0.609 bits per heavy atom. The molecular weight excluding hydrogens is 292 g/mol. The Morgan fingerprint density at radius 2 is 0.913 bits per heavy atom. The minimum Gasteiger partial charge on any atom is -0.393 e. The number of aliphatic hydroxyl groups is 1. The van der Waals surface area contributed by atoms with Crippen LogP contribution in [0, 0.1) is 0 Å². The monoisotopic (exact) mass is 328 g/mol. The average Bonchev–Trinajstić information content (AvgIpc) is 2.48. The Hall–Kier alpha value is -1.10. The predicted octanol–water partition coefficient (Wildman–Crippen LogP) is 3.17. The average molecular weight is 328 g/mol. The van der Waals surface area contributed by atoms with Gasteiger partial charge in [0, 0.05) is 12.8 Å². The van der Waals surface area contributed by atoms with Gasteiger partial charge in [-0.2, -0.15) is 0 Å². The van der Waals surface area contributed by atoms with Crippen LogP contribution in [0.2, 0.25) is 0 Å². The molecule has 0 aliphatic heterocycles. The largest absolute Gasteiger partial charge is 0.393 e. The summed E-state index contributed by atoms with van der Waals surface area (Å²) in [6.07, 6.45) is 14.4. The number of carbonyl (C=O) groups excluding carboxylic acids is 2. The fraction of sp³-hybridized carbons (Fsp3) is 0.889. The van der Waals surface area contributed by atoms with Gasteiger partial charge in [0.25, 0.3) is 0 Å². The molecule has 0 fully saturated rings. The molecular formula is C18H36N2O3. The van der Waals surface area contributed by atoms with Crippen molar-refractivity contribution in [1.82, 2.24) is 0 Å². The van der Waals surface area contributed by atoms with Crippen molar-refractivity contribution in [2.75, 3.05) is 0 Å². The number of primary amides is 2. The van der Waals surface area contributed by atoms with Crippen LogP contribution in [0.4, 0.5) is 0 Å². The predicted molar refractivity (Wildman–Crippen MR) is 93.7 cm³/mol. The standard InChI is InChI=1S/C18H36N2O3/c19-17(22)14-10-6-4-2-1-3-5-8-12-16(21)13-9-7-11-15-18(20)23/h16,21H,1-15H2,(H2,19,22)(H2,20,23). The molecule has 5 nitrogen and oxygen atoms in total. The summed E-state index contributed by atoms with van der Waals surface area (Å²) in [6, 6.07) is 0. The molecule has 0 aromatic carbocycles. The molecule has 1 atom stereocenters. The number of unbranched alkanes of at least 4 members (excludes halogenated alkanes) is 9. The third-order valence-electron chi connectivity index (χ3n) is 4.17. The number of aliphatic hydroxyl groups excluding tert-OH is 1. The first-order chi connectivity index (χ1) is 11.0. The Balaban J connectivity index is 3.18. The molecule has 136 valence electrons. The molecule has 0 rings (SSSR count). The first-order valence-electron chi connectivity index (χ1n) is 9.27. The summed E-state index contributed by atoms with van der Waals surface area (Å²) in [4.78, 5) is 21.1. The lowest BCUT2D eigenvalue weighted by molar-refractivity contribution is -0.119. The van der Waals surface area contributed by atoms with Gasteiger partial charge in [-0.1, -0.05) is 57.8 Å². The topological polar surface area (TPSA) is 106 Å². The number of hydrogen-bond donors (Lipinski definition) is 3. The molecule has 1 unspecified atom stereocenters. The number of amides is 2. The Morgan fingerprint density at radius 3 is 1.30 bits per heavy atom. The van der Waals surface area contributed by atoms with Crippen molar-refractivity contribution in [3.8, 4) is 0 Å². The Bertz CT molecular complexity index is 309. The molecule has 5 heteroatoms. The maximum Gasteiger partial charge on any atom is 0.217 e. The zero-order chi connectivity index (χ0) is 17.3. The first-order valence-corrected chi connectivity index (χ1v) is 9.27. The van der Waals surface area contributed by atoms with E-state index in [9.17, 15) is 14.7 Å². The number of nitrogens with two attached hydrogens (primary N) is 2. The highest BCUT2D eigenvalue weighted by Gasteiger charge is 2.04. The lowest BCUT2D eigenvalue weighted by Crippen LogP contribution is -2.10. The van der Waals surface area contributed by atoms with Gasteiger partial charge >= 0.3 is 0 Å². The number of rotatable bonds is 17. The summed E-state index contributed by atoms with van der Waals surface area (Å²) >= 11 is 0. The van der Waals surface area contributed by atoms with E-state index >= 15 is 0 Å². The number of carbonyl (C=O) groups is 2. The van der Waals surface area contributed by atoms with Crippen molar-refractivity contribution >= 4 is 11.8 Å². The van der Waals surface area contributed by atoms with Crippen LogP contribution in [-0.2, 0) is 9.59 Å². The molecule has 0 spiro atoms. The SMILES string of the molecule is NC(=O)CCCCCCCCCCC(O)CCCCCC(N)=O. The highest BCUT2D eigenvalue weighted by Crippen LogP contribution is 2.14. The second-order valence-electron chi connectivity index (χ2n) is 6.55. The van der Waals surface area contributed by atoms with E-state index in [4.69, 9.17) is 11.5 Å². The molecule has 5 N–H and O–H groups in total. The van der Waals surface area contributed by atoms with Crippen molar-refractivity contribution in [3.63, 3.8) is 0 Å². The lowest BCUT2D eigenvalue weighted by Gasteiger charge is -2.10. The van der Waals surface area contributed by atoms with E-state index in [0.29, 0.717) is 12.8 Å². The van der Waals surface area contributed by atoms with E-state index in [1.807, 2.05) is 0 Å². The van der Waals surface area contributed by atoms with Crippen molar-refractivity contribution in [1.29, 1.82) is 0 Å². The molecule has 0 radical (unpaired) electrons. The van der Waals surface area contributed by atoms with E-state index in [1.54, 1.807) is 0 Å². The Kier molecular flexibility index (Phi) is 15.0. The van der Waals surface area contributed by atoms with Gasteiger partial charge in [-0.25, -0.2) is 0 Å². The van der Waals surface area contributed by atoms with Crippen LogP contribution >= 0.6 is 0 Å². The summed E-state index contributed by atoms with van der Waals surface area (Å²) in [5.41, 5.74) is 10.2. The zero-order valence-corrected chi connectivity index (χ0v) is 14.6. The van der Waals surface area contributed by atoms with E-state index < -0.39 is 0 Å². The summed E-state index contributed by atoms with van der Waals surface area (Å²) in [6.45, 7) is 0. The smallest absolute Gasteiger partial charge is 0.217 e. The molecule has 0 aliphatic rings. The summed E-state index contributed by atoms with van der Waals surface area (Å²) in [5, 5.41) is 9.87. The van der Waals surface area contributed by atoms with Gasteiger partial charge in [0.15, 0.2) is 0 Å². The maximum absolute atomic E-state index is 10.6. The molecule has 0 aromatic heterocycles. The van der Waals surface area contributed by atoms with Crippen molar-refractivity contribution in [2.45, 2.75) is 102 Å². The van der Waals surface area contributed by atoms with Gasteiger partial charge in [0.05, 0.1) is 6.10 Å². The third kappa shape index (κ3) is 18.9. The minimum atomic E-state index is -0.238. The summed E-state index contributed by atoms with van der Waals surface area (Å²) in [7, 11) is 0. The quantitative estimate of drug-likeness (QED) is 0.357. The van der Waals surface area contributed by atoms with Crippen LogP contribution in [0.1, 0.15) is 96.3 Å². The van der Waals surface area contributed by atoms with Crippen LogP contribution in [0.25, 0.3) is 0 Å². The van der Waals surface area contributed by atoms with Gasteiger partial charge in [-0.3, -0.25) is 9.59 Å². The van der Waals surface area contributed by atoms with Crippen molar-refractivity contribution in [3.05, 3.63) is 0 Å². The van der Waals surface area contributed by atoms with Crippen molar-refractivity contribution < 1.29 is 14.7 Å².